The van der Waals surface area contributed by atoms with Gasteiger partial charge in [0.05, 0.1) is 44.7 Å². The maximum Gasteiger partial charge on any atom is 0.494 e. The SMILES string of the molecule is CC1(C)OB(c2ccc(-c3nc4ccccc4c4c5ccccc5c5ccccc5c34)cc2)OC1(C)C.c1cnc2c(c1)cc(-c1ccc(-c3ccc(-c4nc5ccccc5c5c6ccccc6c6ccccc6c45)cc3)cc1)c1cccnc12. The third-order valence-electron chi connectivity index (χ3n) is 18.0. The lowest BCUT2D eigenvalue weighted by Gasteiger charge is -2.32. The molecule has 0 unspecified atom stereocenters. The molecule has 402 valence electrons. The van der Waals surface area contributed by atoms with Crippen molar-refractivity contribution in [2.45, 2.75) is 38.9 Å². The molecular formula is C78H55BN4O2. The van der Waals surface area contributed by atoms with Crippen LogP contribution >= 0.6 is 0 Å². The molecule has 12 aromatic carbocycles. The molecule has 16 aromatic rings. The maximum absolute atomic E-state index is 6.29. The van der Waals surface area contributed by atoms with E-state index in [2.05, 4.69) is 269 Å². The van der Waals surface area contributed by atoms with Crippen LogP contribution < -0.4 is 5.46 Å². The smallest absolute Gasteiger partial charge is 0.399 e. The van der Waals surface area contributed by atoms with Crippen LogP contribution in [-0.2, 0) is 9.31 Å². The molecule has 7 heteroatoms. The number of nitrogens with zero attached hydrogens (tertiary/aromatic N) is 4. The summed E-state index contributed by atoms with van der Waals surface area (Å²) in [5, 5.41) is 19.5. The number of benzene rings is 12. The first-order valence-corrected chi connectivity index (χ1v) is 29.2. The predicted octanol–water partition coefficient (Wildman–Crippen LogP) is 19.5. The monoisotopic (exact) mass is 1090 g/mol. The molecule has 4 aromatic heterocycles. The average molecular weight is 1090 g/mol. The Balaban J connectivity index is 0.000000143. The van der Waals surface area contributed by atoms with E-state index in [4.69, 9.17) is 24.3 Å². The number of fused-ring (bicyclic) bond motifs is 19. The highest BCUT2D eigenvalue weighted by atomic mass is 16.7. The van der Waals surface area contributed by atoms with Crippen molar-refractivity contribution in [3.05, 3.63) is 261 Å². The third-order valence-corrected chi connectivity index (χ3v) is 18.0. The van der Waals surface area contributed by atoms with Gasteiger partial charge in [-0.2, -0.15) is 0 Å². The minimum Gasteiger partial charge on any atom is -0.399 e. The molecule has 0 saturated carbocycles. The van der Waals surface area contributed by atoms with Crippen molar-refractivity contribution >= 4 is 121 Å². The van der Waals surface area contributed by atoms with Gasteiger partial charge in [-0.25, -0.2) is 9.97 Å². The summed E-state index contributed by atoms with van der Waals surface area (Å²) < 4.78 is 12.6. The van der Waals surface area contributed by atoms with Gasteiger partial charge in [0.2, 0.25) is 0 Å². The van der Waals surface area contributed by atoms with Gasteiger partial charge in [0.15, 0.2) is 0 Å². The van der Waals surface area contributed by atoms with Gasteiger partial charge in [0, 0.05) is 66.6 Å². The molecule has 6 nitrogen and oxygen atoms in total. The number of pyridine rings is 4. The van der Waals surface area contributed by atoms with Gasteiger partial charge in [0.1, 0.15) is 0 Å². The summed E-state index contributed by atoms with van der Waals surface area (Å²) in [4.78, 5) is 19.9. The average Bonchev–Trinajstić information content (AvgIpc) is 1.73. The van der Waals surface area contributed by atoms with Crippen molar-refractivity contribution in [3.8, 4) is 44.8 Å². The minimum absolute atomic E-state index is 0.369. The van der Waals surface area contributed by atoms with Crippen LogP contribution in [0.1, 0.15) is 27.7 Å². The van der Waals surface area contributed by atoms with Crippen molar-refractivity contribution in [3.63, 3.8) is 0 Å². The lowest BCUT2D eigenvalue weighted by atomic mass is 9.78. The number of hydrogen-bond acceptors (Lipinski definition) is 6. The molecule has 17 rings (SSSR count). The summed E-state index contributed by atoms with van der Waals surface area (Å²) in [6.45, 7) is 8.34. The Morgan fingerprint density at radius 3 is 1.13 bits per heavy atom. The fourth-order valence-electron chi connectivity index (χ4n) is 13.1. The second-order valence-electron chi connectivity index (χ2n) is 23.4. The van der Waals surface area contributed by atoms with E-state index in [0.717, 1.165) is 71.9 Å². The van der Waals surface area contributed by atoms with Crippen LogP contribution in [0.15, 0.2) is 261 Å². The molecule has 1 saturated heterocycles. The zero-order valence-corrected chi connectivity index (χ0v) is 47.5. The molecule has 0 spiro atoms. The molecule has 0 N–H and O–H groups in total. The van der Waals surface area contributed by atoms with E-state index in [1.165, 1.54) is 86.5 Å². The molecule has 85 heavy (non-hydrogen) atoms. The van der Waals surface area contributed by atoms with Gasteiger partial charge < -0.3 is 9.31 Å². The predicted molar refractivity (Wildman–Crippen MR) is 357 cm³/mol. The van der Waals surface area contributed by atoms with Gasteiger partial charge in [-0.15, -0.1) is 0 Å². The van der Waals surface area contributed by atoms with Gasteiger partial charge in [-0.05, 0) is 129 Å². The van der Waals surface area contributed by atoms with Crippen LogP contribution in [0.4, 0.5) is 0 Å². The normalized spacial score (nSPS) is 14.0. The molecule has 5 heterocycles. The lowest BCUT2D eigenvalue weighted by Crippen LogP contribution is -2.41. The summed E-state index contributed by atoms with van der Waals surface area (Å²) in [7, 11) is -0.384. The second kappa shape index (κ2) is 19.7. The number of aromatic nitrogens is 4. The highest BCUT2D eigenvalue weighted by Crippen LogP contribution is 2.46. The number of rotatable bonds is 5. The van der Waals surface area contributed by atoms with Gasteiger partial charge >= 0.3 is 7.12 Å². The topological polar surface area (TPSA) is 70.0 Å². The van der Waals surface area contributed by atoms with Gasteiger partial charge in [-0.1, -0.05) is 218 Å². The number of para-hydroxylation sites is 2. The Bertz CT molecular complexity index is 5360. The molecule has 1 aliphatic heterocycles. The first-order chi connectivity index (χ1) is 41.7. The molecule has 0 radical (unpaired) electrons. The Hall–Kier alpha value is -10.2. The van der Waals surface area contributed by atoms with E-state index in [1.54, 1.807) is 0 Å². The van der Waals surface area contributed by atoms with Crippen LogP contribution in [0.25, 0.3) is 153 Å². The van der Waals surface area contributed by atoms with Crippen LogP contribution in [-0.4, -0.2) is 38.3 Å². The van der Waals surface area contributed by atoms with E-state index < -0.39 is 0 Å². The molecule has 1 fully saturated rings. The van der Waals surface area contributed by atoms with E-state index >= 15 is 0 Å². The zero-order valence-electron chi connectivity index (χ0n) is 47.5. The van der Waals surface area contributed by atoms with Crippen LogP contribution in [0, 0.1) is 0 Å². The Morgan fingerprint density at radius 2 is 0.659 bits per heavy atom. The molecule has 1 aliphatic rings. The molecule has 0 bridgehead atoms. The van der Waals surface area contributed by atoms with Crippen molar-refractivity contribution in [2.75, 3.05) is 0 Å². The van der Waals surface area contributed by atoms with E-state index in [-0.39, 0.29) is 18.3 Å². The van der Waals surface area contributed by atoms with E-state index in [9.17, 15) is 0 Å². The van der Waals surface area contributed by atoms with Crippen LogP contribution in [0.5, 0.6) is 0 Å². The summed E-state index contributed by atoms with van der Waals surface area (Å²) in [5.74, 6) is 0. The minimum atomic E-state index is -0.384. The zero-order chi connectivity index (χ0) is 57.0. The summed E-state index contributed by atoms with van der Waals surface area (Å²) in [5.41, 5.74) is 13.0. The third kappa shape index (κ3) is 8.25. The van der Waals surface area contributed by atoms with Gasteiger partial charge in [-0.3, -0.25) is 9.97 Å². The van der Waals surface area contributed by atoms with Crippen LogP contribution in [0.3, 0.4) is 0 Å². The Kier molecular flexibility index (Phi) is 11.7. The fourth-order valence-corrected chi connectivity index (χ4v) is 13.1. The molecular weight excluding hydrogens is 1040 g/mol. The van der Waals surface area contributed by atoms with E-state index in [1.807, 2.05) is 24.5 Å². The van der Waals surface area contributed by atoms with Gasteiger partial charge in [0.25, 0.3) is 0 Å². The largest absolute Gasteiger partial charge is 0.494 e. The Morgan fingerprint density at radius 1 is 0.306 bits per heavy atom. The second-order valence-corrected chi connectivity index (χ2v) is 23.4. The number of hydrogen-bond donors (Lipinski definition) is 0. The molecule has 0 amide bonds. The summed E-state index contributed by atoms with van der Waals surface area (Å²) >= 11 is 0. The van der Waals surface area contributed by atoms with Crippen molar-refractivity contribution < 1.29 is 9.31 Å². The first-order valence-electron chi connectivity index (χ1n) is 29.2. The first kappa shape index (κ1) is 50.5. The summed E-state index contributed by atoms with van der Waals surface area (Å²) in [6.07, 6.45) is 3.67. The highest BCUT2D eigenvalue weighted by Gasteiger charge is 2.51. The molecule has 0 atom stereocenters. The maximum atomic E-state index is 6.29. The van der Waals surface area contributed by atoms with Crippen LogP contribution in [0.2, 0.25) is 0 Å². The quantitative estimate of drug-likeness (QED) is 0.126. The lowest BCUT2D eigenvalue weighted by molar-refractivity contribution is 0.00578. The van der Waals surface area contributed by atoms with Crippen molar-refractivity contribution in [1.82, 2.24) is 19.9 Å². The molecule has 0 aliphatic carbocycles. The van der Waals surface area contributed by atoms with E-state index in [0.29, 0.717) is 0 Å². The fraction of sp³-hybridized carbons (Fsp3) is 0.0769. The highest BCUT2D eigenvalue weighted by molar-refractivity contribution is 6.62. The standard InChI is InChI=1S/C45H27N3.C33H28BNO2/c1-3-12-35-33(10-1)34-11-2-4-13-36(34)42-41(35)38-14-5-6-16-40(38)48-43(42)31-23-19-29(20-24-31)28-17-21-30(22-18-28)39-27-32-9-7-25-46-44(32)45-37(39)15-8-26-47-45;1-32(2)33(3,4)37-34(36-32)22-19-17-21(18-20-22)31-30-26-14-8-6-12-24(26)23-11-5-7-13-25(23)29(30)27-15-9-10-16-28(27)35-31/h1-27H;5-20H,1-4H3. The van der Waals surface area contributed by atoms with Crippen molar-refractivity contribution in [2.24, 2.45) is 0 Å². The Labute approximate surface area is 492 Å². The van der Waals surface area contributed by atoms with Crippen molar-refractivity contribution in [1.29, 1.82) is 0 Å². The summed E-state index contributed by atoms with van der Waals surface area (Å²) in [6, 6.07) is 88.6.